The second-order valence-electron chi connectivity index (χ2n) is 7.95. The fourth-order valence-electron chi connectivity index (χ4n) is 3.30. The van der Waals surface area contributed by atoms with Gasteiger partial charge in [-0.1, -0.05) is 84.0 Å². The number of nitrogens with zero attached hydrogens (tertiary/aromatic N) is 1. The molecule has 0 fully saturated rings. The van der Waals surface area contributed by atoms with Crippen LogP contribution in [0, 0.1) is 0 Å². The van der Waals surface area contributed by atoms with E-state index < -0.39 is 12.0 Å². The Balaban J connectivity index is 3.38. The van der Waals surface area contributed by atoms with E-state index in [1.54, 1.807) is 0 Å². The number of rotatable bonds is 20. The summed E-state index contributed by atoms with van der Waals surface area (Å²) in [4.78, 5) is 22.4. The molecule has 1 atom stereocenters. The van der Waals surface area contributed by atoms with Crippen molar-refractivity contribution in [3.05, 3.63) is 0 Å². The van der Waals surface area contributed by atoms with E-state index in [1.807, 2.05) is 0 Å². The van der Waals surface area contributed by atoms with Crippen LogP contribution in [0.15, 0.2) is 0 Å². The van der Waals surface area contributed by atoms with Gasteiger partial charge in [-0.05, 0) is 25.7 Å². The first-order valence-corrected chi connectivity index (χ1v) is 11.5. The lowest BCUT2D eigenvalue weighted by Gasteiger charge is -2.15. The Hall–Kier alpha value is -1.14. The van der Waals surface area contributed by atoms with Crippen molar-refractivity contribution in [1.29, 1.82) is 0 Å². The van der Waals surface area contributed by atoms with E-state index in [2.05, 4.69) is 6.92 Å². The molecule has 0 radical (unpaired) electrons. The van der Waals surface area contributed by atoms with Crippen LogP contribution in [-0.2, 0) is 9.59 Å². The van der Waals surface area contributed by atoms with Crippen molar-refractivity contribution in [2.75, 3.05) is 6.54 Å². The third kappa shape index (κ3) is 17.0. The Morgan fingerprint density at radius 3 is 1.71 bits per heavy atom. The lowest BCUT2D eigenvalue weighted by atomic mass is 10.0. The highest BCUT2D eigenvalue weighted by molar-refractivity contribution is 5.74. The van der Waals surface area contributed by atoms with Gasteiger partial charge in [-0.2, -0.15) is 0 Å². The molecule has 0 aromatic heterocycles. The molecular formula is C22H44N2O4. The zero-order chi connectivity index (χ0) is 21.0. The Morgan fingerprint density at radius 2 is 1.25 bits per heavy atom. The Bertz CT molecular complexity index is 391. The number of carboxylic acids is 1. The third-order valence-electron chi connectivity index (χ3n) is 5.23. The van der Waals surface area contributed by atoms with Crippen LogP contribution in [0.25, 0.3) is 0 Å². The zero-order valence-electron chi connectivity index (χ0n) is 18.0. The number of carboxylic acid groups (broad SMARTS) is 1. The molecular weight excluding hydrogens is 356 g/mol. The second kappa shape index (κ2) is 19.2. The van der Waals surface area contributed by atoms with Crippen LogP contribution < -0.4 is 5.73 Å². The maximum atomic E-state index is 11.8. The number of hydroxylamine groups is 2. The average molecular weight is 401 g/mol. The van der Waals surface area contributed by atoms with Crippen LogP contribution in [0.2, 0.25) is 0 Å². The zero-order valence-corrected chi connectivity index (χ0v) is 18.0. The van der Waals surface area contributed by atoms with E-state index in [0.717, 1.165) is 24.3 Å². The van der Waals surface area contributed by atoms with E-state index in [-0.39, 0.29) is 12.5 Å². The van der Waals surface area contributed by atoms with Crippen molar-refractivity contribution in [3.8, 4) is 0 Å². The van der Waals surface area contributed by atoms with Gasteiger partial charge in [-0.25, -0.2) is 5.06 Å². The van der Waals surface area contributed by atoms with Gasteiger partial charge in [-0.3, -0.25) is 14.8 Å². The molecule has 0 unspecified atom stereocenters. The van der Waals surface area contributed by atoms with Crippen molar-refractivity contribution in [3.63, 3.8) is 0 Å². The Labute approximate surface area is 171 Å². The van der Waals surface area contributed by atoms with Crippen molar-refractivity contribution in [2.24, 2.45) is 5.73 Å². The Morgan fingerprint density at radius 1 is 0.786 bits per heavy atom. The van der Waals surface area contributed by atoms with Crippen LogP contribution in [0.4, 0.5) is 0 Å². The van der Waals surface area contributed by atoms with Gasteiger partial charge in [0.25, 0.3) is 0 Å². The topological polar surface area (TPSA) is 104 Å². The average Bonchev–Trinajstić information content (AvgIpc) is 2.68. The number of aliphatic carboxylic acids is 1. The van der Waals surface area contributed by atoms with Crippen LogP contribution in [0.1, 0.15) is 116 Å². The molecule has 0 spiro atoms. The molecule has 0 saturated carbocycles. The van der Waals surface area contributed by atoms with Gasteiger partial charge in [0.05, 0.1) is 0 Å². The first-order chi connectivity index (χ1) is 13.5. The van der Waals surface area contributed by atoms with Gasteiger partial charge >= 0.3 is 5.97 Å². The lowest BCUT2D eigenvalue weighted by molar-refractivity contribution is -0.165. The standard InChI is InChI=1S/C22H44N2O4/c1-2-3-4-5-6-7-8-9-10-11-12-13-14-18-21(25)24(28)19-16-15-17-20(23)22(26)27/h20,28H,2-19,23H2,1H3,(H,26,27)/t20-/m0/s1. The molecule has 4 N–H and O–H groups in total. The molecule has 0 aromatic rings. The molecule has 166 valence electrons. The van der Waals surface area contributed by atoms with Crippen molar-refractivity contribution >= 4 is 11.9 Å². The van der Waals surface area contributed by atoms with Crippen LogP contribution in [0.5, 0.6) is 0 Å². The Kier molecular flexibility index (Phi) is 18.4. The van der Waals surface area contributed by atoms with Crippen molar-refractivity contribution in [2.45, 2.75) is 122 Å². The lowest BCUT2D eigenvalue weighted by Crippen LogP contribution is -2.31. The summed E-state index contributed by atoms with van der Waals surface area (Å²) in [7, 11) is 0. The number of unbranched alkanes of at least 4 members (excludes halogenated alkanes) is 13. The summed E-state index contributed by atoms with van der Waals surface area (Å²) in [6.45, 7) is 2.49. The predicted octanol–water partition coefficient (Wildman–Crippen LogP) is 5.27. The SMILES string of the molecule is CCCCCCCCCCCCCCCC(=O)N(O)CCCC[C@H](N)C(=O)O. The first-order valence-electron chi connectivity index (χ1n) is 11.5. The summed E-state index contributed by atoms with van der Waals surface area (Å²) in [5, 5.41) is 19.2. The van der Waals surface area contributed by atoms with Crippen molar-refractivity contribution in [1.82, 2.24) is 5.06 Å². The minimum Gasteiger partial charge on any atom is -0.480 e. The molecule has 0 aromatic carbocycles. The first kappa shape index (κ1) is 26.9. The van der Waals surface area contributed by atoms with Crippen molar-refractivity contribution < 1.29 is 19.9 Å². The molecule has 0 heterocycles. The maximum Gasteiger partial charge on any atom is 0.320 e. The van der Waals surface area contributed by atoms with Gasteiger partial charge in [0, 0.05) is 13.0 Å². The van der Waals surface area contributed by atoms with Crippen LogP contribution in [-0.4, -0.2) is 39.8 Å². The minimum atomic E-state index is -1.01. The number of hydrogen-bond acceptors (Lipinski definition) is 4. The van der Waals surface area contributed by atoms with E-state index in [0.29, 0.717) is 25.7 Å². The second-order valence-corrected chi connectivity index (χ2v) is 7.95. The number of carbonyl (C=O) groups is 2. The fraction of sp³-hybridized carbons (Fsp3) is 0.909. The summed E-state index contributed by atoms with van der Waals surface area (Å²) < 4.78 is 0. The summed E-state index contributed by atoms with van der Waals surface area (Å²) in [5.74, 6) is -1.26. The highest BCUT2D eigenvalue weighted by atomic mass is 16.5. The van der Waals surface area contributed by atoms with Gasteiger partial charge < -0.3 is 10.8 Å². The van der Waals surface area contributed by atoms with Gasteiger partial charge in [0.1, 0.15) is 6.04 Å². The molecule has 28 heavy (non-hydrogen) atoms. The molecule has 0 aliphatic carbocycles. The molecule has 0 aliphatic rings. The molecule has 6 heteroatoms. The molecule has 1 amide bonds. The summed E-state index contributed by atoms with van der Waals surface area (Å²) in [6.07, 6.45) is 18.3. The quantitative estimate of drug-likeness (QED) is 0.147. The summed E-state index contributed by atoms with van der Waals surface area (Å²) in [5.41, 5.74) is 5.41. The van der Waals surface area contributed by atoms with Crippen LogP contribution >= 0.6 is 0 Å². The smallest absolute Gasteiger partial charge is 0.320 e. The monoisotopic (exact) mass is 400 g/mol. The number of amides is 1. The highest BCUT2D eigenvalue weighted by Gasteiger charge is 2.13. The normalized spacial score (nSPS) is 12.1. The third-order valence-corrected chi connectivity index (χ3v) is 5.23. The minimum absolute atomic E-state index is 0.240. The van der Waals surface area contributed by atoms with Gasteiger partial charge in [0.2, 0.25) is 5.91 Å². The molecule has 0 bridgehead atoms. The number of hydrogen-bond donors (Lipinski definition) is 3. The predicted molar refractivity (Wildman–Crippen MR) is 113 cm³/mol. The van der Waals surface area contributed by atoms with Crippen LogP contribution in [0.3, 0.4) is 0 Å². The molecule has 6 nitrogen and oxygen atoms in total. The van der Waals surface area contributed by atoms with E-state index in [1.165, 1.54) is 64.2 Å². The van der Waals surface area contributed by atoms with E-state index in [4.69, 9.17) is 10.8 Å². The summed E-state index contributed by atoms with van der Waals surface area (Å²) in [6, 6.07) is -0.867. The summed E-state index contributed by atoms with van der Waals surface area (Å²) >= 11 is 0. The van der Waals surface area contributed by atoms with Gasteiger partial charge in [-0.15, -0.1) is 0 Å². The molecule has 0 aliphatic heterocycles. The van der Waals surface area contributed by atoms with E-state index >= 15 is 0 Å². The largest absolute Gasteiger partial charge is 0.480 e. The van der Waals surface area contributed by atoms with Gasteiger partial charge in [0.15, 0.2) is 0 Å². The highest BCUT2D eigenvalue weighted by Crippen LogP contribution is 2.13. The fourth-order valence-corrected chi connectivity index (χ4v) is 3.30. The number of carbonyl (C=O) groups excluding carboxylic acids is 1. The number of nitrogens with two attached hydrogens (primary N) is 1. The maximum absolute atomic E-state index is 11.8. The molecule has 0 saturated heterocycles. The molecule has 0 rings (SSSR count). The van der Waals surface area contributed by atoms with E-state index in [9.17, 15) is 14.8 Å².